The molecule has 0 aliphatic carbocycles. The van der Waals surface area contributed by atoms with Crippen molar-refractivity contribution in [1.29, 1.82) is 0 Å². The lowest BCUT2D eigenvalue weighted by atomic mass is 9.96. The number of H-pyrrole nitrogens is 2. The first-order chi connectivity index (χ1) is 12.3. The van der Waals surface area contributed by atoms with Gasteiger partial charge in [0.1, 0.15) is 17.1 Å². The third kappa shape index (κ3) is 3.54. The summed E-state index contributed by atoms with van der Waals surface area (Å²) in [4.78, 5) is 50.4. The van der Waals surface area contributed by atoms with Crippen LogP contribution in [0.25, 0.3) is 0 Å². The topological polar surface area (TPSA) is 102 Å². The number of aromatic amines is 2. The van der Waals surface area contributed by atoms with Crippen LogP contribution >= 0.6 is 0 Å². The van der Waals surface area contributed by atoms with Crippen LogP contribution in [0.2, 0.25) is 0 Å². The maximum atomic E-state index is 12.6. The molecule has 2 amide bonds. The van der Waals surface area contributed by atoms with Gasteiger partial charge in [-0.05, 0) is 12.1 Å². The van der Waals surface area contributed by atoms with E-state index in [0.717, 1.165) is 0 Å². The number of aromatic nitrogens is 3. The van der Waals surface area contributed by atoms with Crippen molar-refractivity contribution >= 4 is 11.8 Å². The van der Waals surface area contributed by atoms with E-state index in [0.29, 0.717) is 37.7 Å². The van der Waals surface area contributed by atoms with Gasteiger partial charge in [-0.25, -0.2) is 4.98 Å². The van der Waals surface area contributed by atoms with Crippen LogP contribution in [0.3, 0.4) is 0 Å². The summed E-state index contributed by atoms with van der Waals surface area (Å²) in [7, 11) is 0. The molecular weight excluding hydrogens is 334 g/mol. The molecule has 2 N–H and O–H groups in total. The number of nitrogens with one attached hydrogen (secondary N) is 2. The second-order valence-electron chi connectivity index (χ2n) is 7.39. The summed E-state index contributed by atoms with van der Waals surface area (Å²) < 4.78 is 0. The van der Waals surface area contributed by atoms with Gasteiger partial charge in [-0.3, -0.25) is 14.4 Å². The van der Waals surface area contributed by atoms with Gasteiger partial charge in [0.15, 0.2) is 0 Å². The second kappa shape index (κ2) is 6.78. The van der Waals surface area contributed by atoms with Crippen LogP contribution in [-0.4, -0.2) is 62.7 Å². The van der Waals surface area contributed by atoms with E-state index in [1.54, 1.807) is 28.1 Å². The molecule has 0 saturated carbocycles. The molecule has 0 atom stereocenters. The predicted molar refractivity (Wildman–Crippen MR) is 96.2 cm³/mol. The molecule has 8 heteroatoms. The molecular formula is C18H23N5O3. The van der Waals surface area contributed by atoms with Gasteiger partial charge in [-0.1, -0.05) is 20.8 Å². The molecule has 1 saturated heterocycles. The quantitative estimate of drug-likeness (QED) is 0.837. The molecule has 1 fully saturated rings. The van der Waals surface area contributed by atoms with Crippen molar-refractivity contribution < 1.29 is 9.59 Å². The highest BCUT2D eigenvalue weighted by molar-refractivity contribution is 5.94. The first kappa shape index (κ1) is 17.9. The van der Waals surface area contributed by atoms with Gasteiger partial charge in [0.2, 0.25) is 0 Å². The SMILES string of the molecule is CC(C)(C)c1ncc(C(=O)N2CCN(C(=O)c3ccc[nH]3)CC2)c(=O)[nH]1. The third-order valence-corrected chi connectivity index (χ3v) is 4.42. The first-order valence-electron chi connectivity index (χ1n) is 8.59. The lowest BCUT2D eigenvalue weighted by Gasteiger charge is -2.34. The molecule has 0 radical (unpaired) electrons. The number of carbonyl (C=O) groups is 2. The lowest BCUT2D eigenvalue weighted by molar-refractivity contribution is 0.0531. The molecule has 0 spiro atoms. The van der Waals surface area contributed by atoms with E-state index in [4.69, 9.17) is 0 Å². The van der Waals surface area contributed by atoms with Crippen LogP contribution < -0.4 is 5.56 Å². The Morgan fingerprint density at radius 3 is 2.19 bits per heavy atom. The number of hydrogen-bond donors (Lipinski definition) is 2. The molecule has 2 aromatic rings. The fourth-order valence-corrected chi connectivity index (χ4v) is 2.85. The summed E-state index contributed by atoms with van der Waals surface area (Å²) >= 11 is 0. The standard InChI is InChI=1S/C18H23N5O3/c1-18(2,3)17-20-11-12(14(24)21-17)15(25)22-7-9-23(10-8-22)16(26)13-5-4-6-19-13/h4-6,11,19H,7-10H2,1-3H3,(H,20,21,24). The summed E-state index contributed by atoms with van der Waals surface area (Å²) in [5, 5.41) is 0. The Hall–Kier alpha value is -2.90. The maximum absolute atomic E-state index is 12.6. The average Bonchev–Trinajstić information content (AvgIpc) is 3.14. The molecule has 1 aliphatic heterocycles. The highest BCUT2D eigenvalue weighted by atomic mass is 16.2. The minimum atomic E-state index is -0.431. The Bertz CT molecular complexity index is 856. The Morgan fingerprint density at radius 2 is 1.69 bits per heavy atom. The normalized spacial score (nSPS) is 15.2. The molecule has 3 rings (SSSR count). The Morgan fingerprint density at radius 1 is 1.08 bits per heavy atom. The van der Waals surface area contributed by atoms with E-state index in [9.17, 15) is 14.4 Å². The number of amides is 2. The van der Waals surface area contributed by atoms with Crippen molar-refractivity contribution in [2.45, 2.75) is 26.2 Å². The molecule has 26 heavy (non-hydrogen) atoms. The van der Waals surface area contributed by atoms with Crippen LogP contribution in [0, 0.1) is 0 Å². The smallest absolute Gasteiger partial charge is 0.270 e. The van der Waals surface area contributed by atoms with Crippen LogP contribution in [0.5, 0.6) is 0 Å². The minimum absolute atomic E-state index is 0.0298. The van der Waals surface area contributed by atoms with E-state index in [2.05, 4.69) is 15.0 Å². The van der Waals surface area contributed by atoms with Crippen molar-refractivity contribution in [3.63, 3.8) is 0 Å². The van der Waals surface area contributed by atoms with E-state index in [1.807, 2.05) is 20.8 Å². The number of nitrogens with zero attached hydrogens (tertiary/aromatic N) is 3. The number of rotatable bonds is 2. The average molecular weight is 357 g/mol. The van der Waals surface area contributed by atoms with E-state index in [-0.39, 0.29) is 22.8 Å². The summed E-state index contributed by atoms with van der Waals surface area (Å²) in [5.74, 6) is 0.0998. The largest absolute Gasteiger partial charge is 0.357 e. The summed E-state index contributed by atoms with van der Waals surface area (Å²) in [6.07, 6.45) is 3.05. The predicted octanol–water partition coefficient (Wildman–Crippen LogP) is 0.994. The highest BCUT2D eigenvalue weighted by Gasteiger charge is 2.28. The minimum Gasteiger partial charge on any atom is -0.357 e. The van der Waals surface area contributed by atoms with Gasteiger partial charge in [0, 0.05) is 44.0 Å². The molecule has 2 aromatic heterocycles. The van der Waals surface area contributed by atoms with Gasteiger partial charge in [0.25, 0.3) is 17.4 Å². The fraction of sp³-hybridized carbons (Fsp3) is 0.444. The van der Waals surface area contributed by atoms with Crippen molar-refractivity contribution in [3.05, 3.63) is 52.0 Å². The summed E-state index contributed by atoms with van der Waals surface area (Å²) in [6.45, 7) is 7.43. The second-order valence-corrected chi connectivity index (χ2v) is 7.39. The zero-order valence-corrected chi connectivity index (χ0v) is 15.2. The van der Waals surface area contributed by atoms with Gasteiger partial charge < -0.3 is 19.8 Å². The van der Waals surface area contributed by atoms with Crippen molar-refractivity contribution in [2.24, 2.45) is 0 Å². The van der Waals surface area contributed by atoms with Crippen LogP contribution in [-0.2, 0) is 5.41 Å². The van der Waals surface area contributed by atoms with Crippen molar-refractivity contribution in [1.82, 2.24) is 24.8 Å². The summed E-state index contributed by atoms with van der Waals surface area (Å²) in [5.41, 5.74) is -0.171. The Kier molecular flexibility index (Phi) is 4.67. The Balaban J connectivity index is 1.67. The molecule has 8 nitrogen and oxygen atoms in total. The monoisotopic (exact) mass is 357 g/mol. The zero-order chi connectivity index (χ0) is 18.9. The van der Waals surface area contributed by atoms with Crippen molar-refractivity contribution in [3.8, 4) is 0 Å². The van der Waals surface area contributed by atoms with Gasteiger partial charge >= 0.3 is 0 Å². The van der Waals surface area contributed by atoms with E-state index < -0.39 is 5.56 Å². The van der Waals surface area contributed by atoms with Gasteiger partial charge in [0.05, 0.1) is 0 Å². The van der Waals surface area contributed by atoms with Crippen molar-refractivity contribution in [2.75, 3.05) is 26.2 Å². The Labute approximate surface area is 151 Å². The zero-order valence-electron chi connectivity index (χ0n) is 15.2. The number of hydrogen-bond acceptors (Lipinski definition) is 4. The maximum Gasteiger partial charge on any atom is 0.270 e. The van der Waals surface area contributed by atoms with Gasteiger partial charge in [-0.15, -0.1) is 0 Å². The molecule has 0 unspecified atom stereocenters. The number of piperazine rings is 1. The van der Waals surface area contributed by atoms with E-state index in [1.165, 1.54) is 6.20 Å². The summed E-state index contributed by atoms with van der Waals surface area (Å²) in [6, 6.07) is 3.50. The van der Waals surface area contributed by atoms with Crippen LogP contribution in [0.4, 0.5) is 0 Å². The molecule has 138 valence electrons. The lowest BCUT2D eigenvalue weighted by Crippen LogP contribution is -2.51. The van der Waals surface area contributed by atoms with Gasteiger partial charge in [-0.2, -0.15) is 0 Å². The van der Waals surface area contributed by atoms with Crippen LogP contribution in [0.15, 0.2) is 29.3 Å². The third-order valence-electron chi connectivity index (χ3n) is 4.42. The first-order valence-corrected chi connectivity index (χ1v) is 8.59. The molecule has 0 aromatic carbocycles. The van der Waals surface area contributed by atoms with Crippen LogP contribution in [0.1, 0.15) is 47.4 Å². The highest BCUT2D eigenvalue weighted by Crippen LogP contribution is 2.16. The molecule has 3 heterocycles. The fourth-order valence-electron chi connectivity index (χ4n) is 2.85. The molecule has 0 bridgehead atoms. The van der Waals surface area contributed by atoms with E-state index >= 15 is 0 Å². The number of carbonyl (C=O) groups excluding carboxylic acids is 2. The molecule has 1 aliphatic rings.